The van der Waals surface area contributed by atoms with Gasteiger partial charge in [-0.2, -0.15) is 0 Å². The SMILES string of the molecule is CCCC[C@H](N)C(=O)N[C@@H](C[C@@H]1CCNC1=O)C(O)C(=O)NCC. The first kappa shape index (κ1) is 20.4. The molecule has 1 aliphatic rings. The summed E-state index contributed by atoms with van der Waals surface area (Å²) < 4.78 is 0. The topological polar surface area (TPSA) is 134 Å². The van der Waals surface area contributed by atoms with Gasteiger partial charge in [-0.1, -0.05) is 19.8 Å². The van der Waals surface area contributed by atoms with Crippen LogP contribution >= 0.6 is 0 Å². The molecule has 1 fully saturated rings. The fourth-order valence-electron chi connectivity index (χ4n) is 2.75. The third-order valence-corrected chi connectivity index (χ3v) is 4.24. The summed E-state index contributed by atoms with van der Waals surface area (Å²) >= 11 is 0. The standard InChI is InChI=1S/C16H30N4O4/c1-3-5-6-11(17)15(23)20-12(13(21)16(24)18-4-2)9-10-7-8-19-14(10)22/h10-13,21H,3-9,17H2,1-2H3,(H,18,24)(H,19,22)(H,20,23)/t10-,11-,12-,13?/m0/s1. The van der Waals surface area contributed by atoms with Crippen LogP contribution in [-0.4, -0.2) is 54.1 Å². The zero-order chi connectivity index (χ0) is 18.1. The molecule has 0 radical (unpaired) electrons. The van der Waals surface area contributed by atoms with Gasteiger partial charge in [0.15, 0.2) is 6.10 Å². The van der Waals surface area contributed by atoms with E-state index in [2.05, 4.69) is 16.0 Å². The van der Waals surface area contributed by atoms with Crippen LogP contribution in [0.1, 0.15) is 46.0 Å². The Kier molecular flexibility index (Phi) is 8.70. The summed E-state index contributed by atoms with van der Waals surface area (Å²) in [7, 11) is 0. The van der Waals surface area contributed by atoms with Crippen molar-refractivity contribution >= 4 is 17.7 Å². The summed E-state index contributed by atoms with van der Waals surface area (Å²) in [6.45, 7) is 4.68. The van der Waals surface area contributed by atoms with Gasteiger partial charge in [0.2, 0.25) is 11.8 Å². The summed E-state index contributed by atoms with van der Waals surface area (Å²) in [5.74, 6) is -1.42. The van der Waals surface area contributed by atoms with Gasteiger partial charge >= 0.3 is 0 Å². The van der Waals surface area contributed by atoms with Gasteiger partial charge in [-0.25, -0.2) is 0 Å². The van der Waals surface area contributed by atoms with E-state index >= 15 is 0 Å². The van der Waals surface area contributed by atoms with Crippen LogP contribution in [0.15, 0.2) is 0 Å². The van der Waals surface area contributed by atoms with Crippen LogP contribution in [0.3, 0.4) is 0 Å². The zero-order valence-electron chi connectivity index (χ0n) is 14.5. The monoisotopic (exact) mass is 342 g/mol. The van der Waals surface area contributed by atoms with Crippen molar-refractivity contribution in [3.8, 4) is 0 Å². The molecule has 1 aliphatic heterocycles. The predicted octanol–water partition coefficient (Wildman–Crippen LogP) is -0.988. The largest absolute Gasteiger partial charge is 0.381 e. The molecule has 8 nitrogen and oxygen atoms in total. The molecule has 0 aromatic carbocycles. The van der Waals surface area contributed by atoms with Gasteiger partial charge < -0.3 is 26.8 Å². The summed E-state index contributed by atoms with van der Waals surface area (Å²) in [6.07, 6.45) is 1.69. The van der Waals surface area contributed by atoms with E-state index in [0.29, 0.717) is 25.9 Å². The summed E-state index contributed by atoms with van der Waals surface area (Å²) in [5.41, 5.74) is 5.85. The Balaban J connectivity index is 2.73. The first-order valence-electron chi connectivity index (χ1n) is 8.70. The smallest absolute Gasteiger partial charge is 0.250 e. The lowest BCUT2D eigenvalue weighted by Crippen LogP contribution is -2.54. The predicted molar refractivity (Wildman–Crippen MR) is 89.9 cm³/mol. The number of unbranched alkanes of at least 4 members (excludes halogenated alkanes) is 1. The maximum absolute atomic E-state index is 12.2. The van der Waals surface area contributed by atoms with E-state index in [1.54, 1.807) is 6.92 Å². The minimum Gasteiger partial charge on any atom is -0.381 e. The minimum absolute atomic E-state index is 0.118. The molecule has 8 heteroatoms. The maximum Gasteiger partial charge on any atom is 0.250 e. The van der Waals surface area contributed by atoms with Crippen LogP contribution in [0.4, 0.5) is 0 Å². The fraction of sp³-hybridized carbons (Fsp3) is 0.812. The Bertz CT molecular complexity index is 444. The van der Waals surface area contributed by atoms with Gasteiger partial charge in [0.05, 0.1) is 12.1 Å². The molecule has 0 saturated carbocycles. The molecule has 0 bridgehead atoms. The van der Waals surface area contributed by atoms with Crippen molar-refractivity contribution in [3.63, 3.8) is 0 Å². The molecule has 1 saturated heterocycles. The quantitative estimate of drug-likeness (QED) is 0.348. The average Bonchev–Trinajstić information content (AvgIpc) is 2.96. The second kappa shape index (κ2) is 10.2. The molecule has 0 aromatic heterocycles. The van der Waals surface area contributed by atoms with E-state index < -0.39 is 30.0 Å². The van der Waals surface area contributed by atoms with Crippen molar-refractivity contribution in [1.82, 2.24) is 16.0 Å². The van der Waals surface area contributed by atoms with E-state index in [-0.39, 0.29) is 18.2 Å². The Hall–Kier alpha value is -1.67. The van der Waals surface area contributed by atoms with Crippen molar-refractivity contribution in [1.29, 1.82) is 0 Å². The zero-order valence-corrected chi connectivity index (χ0v) is 14.5. The van der Waals surface area contributed by atoms with Crippen molar-refractivity contribution in [2.75, 3.05) is 13.1 Å². The van der Waals surface area contributed by atoms with Crippen molar-refractivity contribution in [2.45, 2.75) is 64.1 Å². The Morgan fingerprint density at radius 3 is 2.62 bits per heavy atom. The molecular weight excluding hydrogens is 312 g/mol. The fourth-order valence-corrected chi connectivity index (χ4v) is 2.75. The number of hydrogen-bond donors (Lipinski definition) is 5. The van der Waals surface area contributed by atoms with Crippen LogP contribution < -0.4 is 21.7 Å². The number of carbonyl (C=O) groups is 3. The molecule has 138 valence electrons. The third kappa shape index (κ3) is 6.09. The molecule has 3 amide bonds. The van der Waals surface area contributed by atoms with E-state index in [9.17, 15) is 19.5 Å². The maximum atomic E-state index is 12.2. The number of carbonyl (C=O) groups excluding carboxylic acids is 3. The van der Waals surface area contributed by atoms with Gasteiger partial charge in [0, 0.05) is 19.0 Å². The summed E-state index contributed by atoms with van der Waals surface area (Å²) in [4.78, 5) is 35.9. The van der Waals surface area contributed by atoms with E-state index in [4.69, 9.17) is 5.73 Å². The van der Waals surface area contributed by atoms with E-state index in [1.165, 1.54) is 0 Å². The highest BCUT2D eigenvalue weighted by atomic mass is 16.3. The number of nitrogens with one attached hydrogen (secondary N) is 3. The van der Waals surface area contributed by atoms with Crippen molar-refractivity contribution < 1.29 is 19.5 Å². The van der Waals surface area contributed by atoms with Crippen LogP contribution in [0, 0.1) is 5.92 Å². The normalized spacial score (nSPS) is 20.8. The molecule has 1 unspecified atom stereocenters. The van der Waals surface area contributed by atoms with Gasteiger partial charge in [0.25, 0.3) is 5.91 Å². The Morgan fingerprint density at radius 2 is 2.08 bits per heavy atom. The highest BCUT2D eigenvalue weighted by molar-refractivity contribution is 5.85. The highest BCUT2D eigenvalue weighted by Gasteiger charge is 2.34. The molecule has 24 heavy (non-hydrogen) atoms. The minimum atomic E-state index is -1.42. The first-order valence-corrected chi connectivity index (χ1v) is 8.70. The molecular formula is C16H30N4O4. The molecule has 1 rings (SSSR count). The van der Waals surface area contributed by atoms with Gasteiger partial charge in [-0.05, 0) is 26.2 Å². The van der Waals surface area contributed by atoms with Crippen molar-refractivity contribution in [3.05, 3.63) is 0 Å². The number of aliphatic hydroxyl groups is 1. The van der Waals surface area contributed by atoms with Crippen LogP contribution in [0.25, 0.3) is 0 Å². The Labute approximate surface area is 142 Å². The molecule has 0 aliphatic carbocycles. The molecule has 0 spiro atoms. The van der Waals surface area contributed by atoms with Crippen LogP contribution in [-0.2, 0) is 14.4 Å². The number of nitrogens with two attached hydrogens (primary N) is 1. The van der Waals surface area contributed by atoms with Gasteiger partial charge in [-0.15, -0.1) is 0 Å². The van der Waals surface area contributed by atoms with Crippen LogP contribution in [0.5, 0.6) is 0 Å². The third-order valence-electron chi connectivity index (χ3n) is 4.24. The number of amides is 3. The lowest BCUT2D eigenvalue weighted by Gasteiger charge is -2.26. The van der Waals surface area contributed by atoms with Gasteiger partial charge in [-0.3, -0.25) is 14.4 Å². The van der Waals surface area contributed by atoms with E-state index in [1.807, 2.05) is 6.92 Å². The van der Waals surface area contributed by atoms with Crippen LogP contribution in [0.2, 0.25) is 0 Å². The summed E-state index contributed by atoms with van der Waals surface area (Å²) in [6, 6.07) is -1.53. The number of aliphatic hydroxyl groups excluding tert-OH is 1. The second-order valence-electron chi connectivity index (χ2n) is 6.22. The first-order chi connectivity index (χ1) is 11.4. The molecule has 6 N–H and O–H groups in total. The van der Waals surface area contributed by atoms with Gasteiger partial charge in [0.1, 0.15) is 0 Å². The lowest BCUT2D eigenvalue weighted by atomic mass is 9.94. The molecule has 1 heterocycles. The number of rotatable bonds is 10. The Morgan fingerprint density at radius 1 is 1.38 bits per heavy atom. The number of hydrogen-bond acceptors (Lipinski definition) is 5. The highest BCUT2D eigenvalue weighted by Crippen LogP contribution is 2.18. The second-order valence-corrected chi connectivity index (χ2v) is 6.22. The average molecular weight is 342 g/mol. The van der Waals surface area contributed by atoms with Crippen molar-refractivity contribution in [2.24, 2.45) is 11.7 Å². The number of likely N-dealkylation sites (N-methyl/N-ethyl adjacent to an activating group) is 1. The molecule has 4 atom stereocenters. The van der Waals surface area contributed by atoms with E-state index in [0.717, 1.165) is 12.8 Å². The lowest BCUT2D eigenvalue weighted by molar-refractivity contribution is -0.134. The summed E-state index contributed by atoms with van der Waals surface area (Å²) in [5, 5.41) is 18.2. The molecule has 0 aromatic rings.